The molecule has 0 saturated carbocycles. The lowest BCUT2D eigenvalue weighted by molar-refractivity contribution is -0.118. The van der Waals surface area contributed by atoms with Crippen molar-refractivity contribution in [2.75, 3.05) is 0 Å². The molecule has 1 N–H and O–H groups in total. The normalized spacial score (nSPS) is 21.1. The summed E-state index contributed by atoms with van der Waals surface area (Å²) in [6.07, 6.45) is 3.36. The Morgan fingerprint density at radius 3 is 2.71 bits per heavy atom. The van der Waals surface area contributed by atoms with E-state index in [0.29, 0.717) is 12.8 Å². The van der Waals surface area contributed by atoms with E-state index >= 15 is 0 Å². The van der Waals surface area contributed by atoms with E-state index in [9.17, 15) is 9.90 Å². The predicted molar refractivity (Wildman–Crippen MR) is 64.3 cm³/mol. The van der Waals surface area contributed by atoms with Gasteiger partial charge in [-0.25, -0.2) is 0 Å². The Hall–Kier alpha value is -1.61. The van der Waals surface area contributed by atoms with E-state index in [0.717, 1.165) is 11.1 Å². The van der Waals surface area contributed by atoms with Gasteiger partial charge in [0.2, 0.25) is 0 Å². The number of rotatable bonds is 3. The van der Waals surface area contributed by atoms with Crippen LogP contribution in [0.2, 0.25) is 0 Å². The molecule has 0 aromatic heterocycles. The van der Waals surface area contributed by atoms with Crippen molar-refractivity contribution in [1.82, 2.24) is 0 Å². The van der Waals surface area contributed by atoms with Gasteiger partial charge in [0.15, 0.2) is 5.78 Å². The molecule has 1 aromatic rings. The zero-order valence-electron chi connectivity index (χ0n) is 9.80. The van der Waals surface area contributed by atoms with Gasteiger partial charge in [-0.15, -0.1) is 0 Å². The first-order valence-electron chi connectivity index (χ1n) is 5.83. The van der Waals surface area contributed by atoms with Crippen molar-refractivity contribution in [2.24, 2.45) is 0 Å². The fourth-order valence-corrected chi connectivity index (χ4v) is 1.87. The van der Waals surface area contributed by atoms with Crippen molar-refractivity contribution in [3.05, 3.63) is 47.7 Å². The quantitative estimate of drug-likeness (QED) is 0.871. The first-order chi connectivity index (χ1) is 8.20. The van der Waals surface area contributed by atoms with Crippen LogP contribution in [0.15, 0.2) is 36.6 Å². The molecule has 0 fully saturated rings. The number of benzene rings is 1. The zero-order chi connectivity index (χ0) is 12.3. The van der Waals surface area contributed by atoms with E-state index in [1.54, 1.807) is 0 Å². The number of hydrogen-bond donors (Lipinski definition) is 1. The second-order valence-electron chi connectivity index (χ2n) is 4.19. The van der Waals surface area contributed by atoms with Gasteiger partial charge in [0, 0.05) is 6.08 Å². The van der Waals surface area contributed by atoms with Gasteiger partial charge in [-0.05, 0) is 17.5 Å². The van der Waals surface area contributed by atoms with Crippen LogP contribution in [0.5, 0.6) is 0 Å². The van der Waals surface area contributed by atoms with Gasteiger partial charge in [-0.1, -0.05) is 31.2 Å². The van der Waals surface area contributed by atoms with Crippen molar-refractivity contribution >= 4 is 5.78 Å². The fraction of sp³-hybridized carbons (Fsp3) is 0.357. The maximum absolute atomic E-state index is 11.3. The Morgan fingerprint density at radius 2 is 2.12 bits per heavy atom. The van der Waals surface area contributed by atoms with Crippen LogP contribution in [-0.4, -0.2) is 10.9 Å². The van der Waals surface area contributed by atoms with Crippen LogP contribution in [0.4, 0.5) is 0 Å². The summed E-state index contributed by atoms with van der Waals surface area (Å²) in [6, 6.07) is 7.59. The standard InChI is InChI=1S/C14H16O3/c1-2-13(16)10-3-5-11(6-4-10)14-9-12(15)7-8-17-14/h3-8,13-14,16H,2,9H2,1H3/t13-,14+/m0/s1. The highest BCUT2D eigenvalue weighted by molar-refractivity contribution is 5.90. The number of allylic oxidation sites excluding steroid dienone is 1. The highest BCUT2D eigenvalue weighted by Gasteiger charge is 2.18. The number of ketones is 1. The fourth-order valence-electron chi connectivity index (χ4n) is 1.87. The molecule has 1 aromatic carbocycles. The summed E-state index contributed by atoms with van der Waals surface area (Å²) in [6.45, 7) is 1.94. The Morgan fingerprint density at radius 1 is 1.41 bits per heavy atom. The van der Waals surface area contributed by atoms with E-state index in [-0.39, 0.29) is 11.9 Å². The predicted octanol–water partition coefficient (Wildman–Crippen LogP) is 2.67. The molecule has 0 radical (unpaired) electrons. The third-order valence-corrected chi connectivity index (χ3v) is 2.96. The van der Waals surface area contributed by atoms with Gasteiger partial charge >= 0.3 is 0 Å². The topological polar surface area (TPSA) is 46.5 Å². The van der Waals surface area contributed by atoms with Crippen molar-refractivity contribution in [3.63, 3.8) is 0 Å². The number of hydrogen-bond acceptors (Lipinski definition) is 3. The molecule has 2 rings (SSSR count). The third kappa shape index (κ3) is 2.74. The van der Waals surface area contributed by atoms with Crippen LogP contribution in [0, 0.1) is 0 Å². The molecule has 3 nitrogen and oxygen atoms in total. The van der Waals surface area contributed by atoms with Gasteiger partial charge < -0.3 is 9.84 Å². The molecule has 17 heavy (non-hydrogen) atoms. The number of ether oxygens (including phenoxy) is 1. The first kappa shape index (κ1) is 11.9. The summed E-state index contributed by atoms with van der Waals surface area (Å²) in [7, 11) is 0. The molecule has 1 aliphatic heterocycles. The van der Waals surface area contributed by atoms with Crippen LogP contribution in [0.25, 0.3) is 0 Å². The minimum atomic E-state index is -0.419. The Kier molecular flexibility index (Phi) is 3.59. The lowest BCUT2D eigenvalue weighted by Gasteiger charge is -2.19. The minimum absolute atomic E-state index is 0.0823. The molecule has 3 heteroatoms. The molecule has 90 valence electrons. The van der Waals surface area contributed by atoms with Gasteiger partial charge in [0.05, 0.1) is 18.8 Å². The van der Waals surface area contributed by atoms with Crippen LogP contribution < -0.4 is 0 Å². The molecule has 0 bridgehead atoms. The van der Waals surface area contributed by atoms with Crippen molar-refractivity contribution in [2.45, 2.75) is 32.0 Å². The van der Waals surface area contributed by atoms with Gasteiger partial charge in [0.25, 0.3) is 0 Å². The van der Waals surface area contributed by atoms with E-state index < -0.39 is 6.10 Å². The van der Waals surface area contributed by atoms with E-state index in [4.69, 9.17) is 4.74 Å². The van der Waals surface area contributed by atoms with E-state index in [2.05, 4.69) is 0 Å². The molecule has 2 atom stereocenters. The maximum Gasteiger partial charge on any atom is 0.162 e. The van der Waals surface area contributed by atoms with Gasteiger partial charge in [-0.3, -0.25) is 4.79 Å². The third-order valence-electron chi connectivity index (χ3n) is 2.96. The van der Waals surface area contributed by atoms with Crippen molar-refractivity contribution < 1.29 is 14.6 Å². The second-order valence-corrected chi connectivity index (χ2v) is 4.19. The number of carbonyl (C=O) groups excluding carboxylic acids is 1. The molecule has 0 unspecified atom stereocenters. The zero-order valence-corrected chi connectivity index (χ0v) is 9.80. The largest absolute Gasteiger partial charge is 0.493 e. The molecule has 0 spiro atoms. The van der Waals surface area contributed by atoms with Crippen molar-refractivity contribution in [1.29, 1.82) is 0 Å². The number of aliphatic hydroxyl groups is 1. The van der Waals surface area contributed by atoms with E-state index in [1.807, 2.05) is 31.2 Å². The maximum atomic E-state index is 11.3. The molecule has 0 amide bonds. The summed E-state index contributed by atoms with van der Waals surface area (Å²) in [5, 5.41) is 9.68. The molecule has 1 heterocycles. The Labute approximate surface area is 101 Å². The highest BCUT2D eigenvalue weighted by atomic mass is 16.5. The summed E-state index contributed by atoms with van der Waals surface area (Å²) in [5.74, 6) is 0.0823. The van der Waals surface area contributed by atoms with Gasteiger partial charge in [-0.2, -0.15) is 0 Å². The van der Waals surface area contributed by atoms with Crippen LogP contribution in [0.3, 0.4) is 0 Å². The molecule has 0 aliphatic carbocycles. The van der Waals surface area contributed by atoms with Crippen molar-refractivity contribution in [3.8, 4) is 0 Å². The molecular formula is C14H16O3. The SMILES string of the molecule is CC[C@H](O)c1ccc([C@H]2CC(=O)C=CO2)cc1. The summed E-state index contributed by atoms with van der Waals surface area (Å²) in [4.78, 5) is 11.3. The summed E-state index contributed by atoms with van der Waals surface area (Å²) >= 11 is 0. The Bertz CT molecular complexity index is 420. The molecule has 1 aliphatic rings. The van der Waals surface area contributed by atoms with Crippen LogP contribution >= 0.6 is 0 Å². The smallest absolute Gasteiger partial charge is 0.162 e. The minimum Gasteiger partial charge on any atom is -0.493 e. The summed E-state index contributed by atoms with van der Waals surface area (Å²) in [5.41, 5.74) is 1.86. The monoisotopic (exact) mass is 232 g/mol. The Balaban J connectivity index is 2.12. The average molecular weight is 232 g/mol. The lowest BCUT2D eigenvalue weighted by atomic mass is 9.99. The average Bonchev–Trinajstić information content (AvgIpc) is 2.38. The highest BCUT2D eigenvalue weighted by Crippen LogP contribution is 2.26. The molecular weight excluding hydrogens is 216 g/mol. The number of carbonyl (C=O) groups is 1. The molecule has 0 saturated heterocycles. The van der Waals surface area contributed by atoms with E-state index in [1.165, 1.54) is 12.3 Å². The van der Waals surface area contributed by atoms with Gasteiger partial charge in [0.1, 0.15) is 6.10 Å². The second kappa shape index (κ2) is 5.15. The lowest BCUT2D eigenvalue weighted by Crippen LogP contribution is -2.11. The number of aliphatic hydroxyl groups excluding tert-OH is 1. The van der Waals surface area contributed by atoms with Crippen LogP contribution in [0.1, 0.15) is 43.1 Å². The first-order valence-corrected chi connectivity index (χ1v) is 5.83. The van der Waals surface area contributed by atoms with Crippen LogP contribution in [-0.2, 0) is 9.53 Å². The summed E-state index contributed by atoms with van der Waals surface area (Å²) < 4.78 is 5.40.